The standard InChI is InChI=1S/C11H16N4O/c12-6-10-5-9(1-2-13-10)7-15-4-3-14-11(16)8-15/h1-2,5H,3-4,6-8,12H2,(H,14,16). The van der Waals surface area contributed by atoms with E-state index in [1.165, 1.54) is 0 Å². The topological polar surface area (TPSA) is 71.2 Å². The minimum absolute atomic E-state index is 0.0966. The molecular weight excluding hydrogens is 204 g/mol. The number of nitrogens with two attached hydrogens (primary N) is 1. The quantitative estimate of drug-likeness (QED) is 0.718. The summed E-state index contributed by atoms with van der Waals surface area (Å²) >= 11 is 0. The van der Waals surface area contributed by atoms with E-state index in [9.17, 15) is 4.79 Å². The molecule has 0 spiro atoms. The monoisotopic (exact) mass is 220 g/mol. The third-order valence-electron chi connectivity index (χ3n) is 2.61. The molecule has 1 amide bonds. The second-order valence-corrected chi connectivity index (χ2v) is 3.92. The fraction of sp³-hybridized carbons (Fsp3) is 0.455. The Morgan fingerprint density at radius 2 is 2.44 bits per heavy atom. The first kappa shape index (κ1) is 11.0. The summed E-state index contributed by atoms with van der Waals surface area (Å²) in [4.78, 5) is 17.5. The summed E-state index contributed by atoms with van der Waals surface area (Å²) < 4.78 is 0. The minimum Gasteiger partial charge on any atom is -0.354 e. The largest absolute Gasteiger partial charge is 0.354 e. The van der Waals surface area contributed by atoms with E-state index in [4.69, 9.17) is 5.73 Å². The molecule has 1 aliphatic rings. The lowest BCUT2D eigenvalue weighted by molar-refractivity contribution is -0.124. The molecule has 0 unspecified atom stereocenters. The highest BCUT2D eigenvalue weighted by molar-refractivity contribution is 5.78. The van der Waals surface area contributed by atoms with Crippen molar-refractivity contribution < 1.29 is 4.79 Å². The van der Waals surface area contributed by atoms with E-state index in [-0.39, 0.29) is 5.91 Å². The summed E-state index contributed by atoms with van der Waals surface area (Å²) in [6, 6.07) is 3.96. The number of aromatic nitrogens is 1. The van der Waals surface area contributed by atoms with Crippen LogP contribution < -0.4 is 11.1 Å². The summed E-state index contributed by atoms with van der Waals surface area (Å²) in [6.07, 6.45) is 1.77. The maximum absolute atomic E-state index is 11.2. The summed E-state index contributed by atoms with van der Waals surface area (Å²) in [6.45, 7) is 3.33. The predicted molar refractivity (Wildman–Crippen MR) is 60.4 cm³/mol. The van der Waals surface area contributed by atoms with Crippen molar-refractivity contribution in [3.8, 4) is 0 Å². The van der Waals surface area contributed by atoms with Crippen molar-refractivity contribution in [2.75, 3.05) is 19.6 Å². The van der Waals surface area contributed by atoms with Gasteiger partial charge < -0.3 is 11.1 Å². The van der Waals surface area contributed by atoms with E-state index < -0.39 is 0 Å². The fourth-order valence-corrected chi connectivity index (χ4v) is 1.82. The Hall–Kier alpha value is -1.46. The normalized spacial score (nSPS) is 17.2. The summed E-state index contributed by atoms with van der Waals surface area (Å²) in [7, 11) is 0. The van der Waals surface area contributed by atoms with Gasteiger partial charge in [-0.05, 0) is 17.7 Å². The molecule has 2 rings (SSSR count). The van der Waals surface area contributed by atoms with Gasteiger partial charge in [0.15, 0.2) is 0 Å². The van der Waals surface area contributed by atoms with Gasteiger partial charge in [-0.15, -0.1) is 0 Å². The van der Waals surface area contributed by atoms with Crippen LogP contribution in [-0.4, -0.2) is 35.4 Å². The van der Waals surface area contributed by atoms with Gasteiger partial charge in [0.2, 0.25) is 5.91 Å². The molecule has 0 radical (unpaired) electrons. The van der Waals surface area contributed by atoms with Crippen LogP contribution in [0.1, 0.15) is 11.3 Å². The molecule has 1 saturated heterocycles. The zero-order valence-corrected chi connectivity index (χ0v) is 9.15. The van der Waals surface area contributed by atoms with Crippen LogP contribution in [0.3, 0.4) is 0 Å². The van der Waals surface area contributed by atoms with Gasteiger partial charge in [-0.2, -0.15) is 0 Å². The molecule has 1 aromatic heterocycles. The lowest BCUT2D eigenvalue weighted by Crippen LogP contribution is -2.47. The van der Waals surface area contributed by atoms with Crippen LogP contribution in [0.5, 0.6) is 0 Å². The van der Waals surface area contributed by atoms with E-state index in [0.717, 1.165) is 30.9 Å². The molecule has 0 aromatic carbocycles. The van der Waals surface area contributed by atoms with Crippen molar-refractivity contribution in [1.82, 2.24) is 15.2 Å². The van der Waals surface area contributed by atoms with Gasteiger partial charge >= 0.3 is 0 Å². The van der Waals surface area contributed by atoms with Crippen molar-refractivity contribution in [2.24, 2.45) is 5.73 Å². The van der Waals surface area contributed by atoms with Crippen LogP contribution in [0, 0.1) is 0 Å². The third-order valence-corrected chi connectivity index (χ3v) is 2.61. The Bertz CT molecular complexity index is 380. The Morgan fingerprint density at radius 3 is 3.19 bits per heavy atom. The molecule has 0 saturated carbocycles. The van der Waals surface area contributed by atoms with Crippen molar-refractivity contribution in [2.45, 2.75) is 13.1 Å². The highest BCUT2D eigenvalue weighted by Crippen LogP contribution is 2.06. The number of pyridine rings is 1. The molecule has 0 bridgehead atoms. The predicted octanol–water partition coefficient (Wildman–Crippen LogP) is -0.528. The SMILES string of the molecule is NCc1cc(CN2CCNC(=O)C2)ccn1. The van der Waals surface area contributed by atoms with Gasteiger partial charge in [-0.25, -0.2) is 0 Å². The Kier molecular flexibility index (Phi) is 3.48. The van der Waals surface area contributed by atoms with Crippen LogP contribution in [0.15, 0.2) is 18.3 Å². The first-order valence-electron chi connectivity index (χ1n) is 5.41. The number of rotatable bonds is 3. The average molecular weight is 220 g/mol. The maximum atomic E-state index is 11.2. The third kappa shape index (κ3) is 2.77. The molecule has 86 valence electrons. The summed E-state index contributed by atoms with van der Waals surface area (Å²) in [5, 5.41) is 2.81. The van der Waals surface area contributed by atoms with Gasteiger partial charge in [-0.3, -0.25) is 14.7 Å². The highest BCUT2D eigenvalue weighted by Gasteiger charge is 2.15. The number of hydrogen-bond acceptors (Lipinski definition) is 4. The molecule has 0 atom stereocenters. The first-order chi connectivity index (χ1) is 7.78. The number of hydrogen-bond donors (Lipinski definition) is 2. The molecule has 3 N–H and O–H groups in total. The number of nitrogens with one attached hydrogen (secondary N) is 1. The minimum atomic E-state index is 0.0966. The molecule has 0 aliphatic carbocycles. The number of piperazine rings is 1. The maximum Gasteiger partial charge on any atom is 0.234 e. The van der Waals surface area contributed by atoms with Crippen LogP contribution in [-0.2, 0) is 17.9 Å². The van der Waals surface area contributed by atoms with Crippen LogP contribution in [0.25, 0.3) is 0 Å². The average Bonchev–Trinajstić information content (AvgIpc) is 2.29. The van der Waals surface area contributed by atoms with Crippen LogP contribution >= 0.6 is 0 Å². The fourth-order valence-electron chi connectivity index (χ4n) is 1.82. The van der Waals surface area contributed by atoms with Crippen molar-refractivity contribution in [3.05, 3.63) is 29.6 Å². The summed E-state index contributed by atoms with van der Waals surface area (Å²) in [5.74, 6) is 0.0966. The first-order valence-corrected chi connectivity index (χ1v) is 5.41. The highest BCUT2D eigenvalue weighted by atomic mass is 16.2. The van der Waals surface area contributed by atoms with E-state index in [2.05, 4.69) is 15.2 Å². The zero-order valence-electron chi connectivity index (χ0n) is 9.15. The number of amides is 1. The van der Waals surface area contributed by atoms with E-state index in [0.29, 0.717) is 13.1 Å². The van der Waals surface area contributed by atoms with Crippen molar-refractivity contribution in [3.63, 3.8) is 0 Å². The van der Waals surface area contributed by atoms with E-state index in [1.807, 2.05) is 12.1 Å². The van der Waals surface area contributed by atoms with Crippen LogP contribution in [0.2, 0.25) is 0 Å². The lowest BCUT2D eigenvalue weighted by Gasteiger charge is -2.26. The molecule has 1 fully saturated rings. The molecule has 5 nitrogen and oxygen atoms in total. The molecule has 16 heavy (non-hydrogen) atoms. The second-order valence-electron chi connectivity index (χ2n) is 3.92. The number of carbonyl (C=O) groups is 1. The van der Waals surface area contributed by atoms with Gasteiger partial charge in [0, 0.05) is 32.4 Å². The van der Waals surface area contributed by atoms with Gasteiger partial charge in [0.1, 0.15) is 0 Å². The van der Waals surface area contributed by atoms with Crippen LogP contribution in [0.4, 0.5) is 0 Å². The van der Waals surface area contributed by atoms with E-state index >= 15 is 0 Å². The molecule has 5 heteroatoms. The smallest absolute Gasteiger partial charge is 0.234 e. The molecule has 2 heterocycles. The Morgan fingerprint density at radius 1 is 1.56 bits per heavy atom. The molecule has 1 aliphatic heterocycles. The van der Waals surface area contributed by atoms with Gasteiger partial charge in [0.25, 0.3) is 0 Å². The van der Waals surface area contributed by atoms with Crippen molar-refractivity contribution >= 4 is 5.91 Å². The summed E-state index contributed by atoms with van der Waals surface area (Å²) in [5.41, 5.74) is 7.58. The number of carbonyl (C=O) groups excluding carboxylic acids is 1. The Balaban J connectivity index is 1.99. The second kappa shape index (κ2) is 5.05. The number of nitrogens with zero attached hydrogens (tertiary/aromatic N) is 2. The van der Waals surface area contributed by atoms with Gasteiger partial charge in [-0.1, -0.05) is 0 Å². The Labute approximate surface area is 94.6 Å². The lowest BCUT2D eigenvalue weighted by atomic mass is 10.2. The molecule has 1 aromatic rings. The van der Waals surface area contributed by atoms with Crippen molar-refractivity contribution in [1.29, 1.82) is 0 Å². The van der Waals surface area contributed by atoms with E-state index in [1.54, 1.807) is 6.20 Å². The zero-order chi connectivity index (χ0) is 11.4. The molecular formula is C11H16N4O. The van der Waals surface area contributed by atoms with Gasteiger partial charge in [0.05, 0.1) is 12.2 Å².